The van der Waals surface area contributed by atoms with Crippen molar-refractivity contribution in [2.24, 2.45) is 0 Å². The summed E-state index contributed by atoms with van der Waals surface area (Å²) in [6.07, 6.45) is 6.65. The van der Waals surface area contributed by atoms with E-state index in [0.717, 1.165) is 12.8 Å². The normalized spacial score (nSPS) is 10.8. The summed E-state index contributed by atoms with van der Waals surface area (Å²) in [5.74, 6) is 1.33. The minimum atomic E-state index is 0.652. The van der Waals surface area contributed by atoms with Gasteiger partial charge in [-0.2, -0.15) is 0 Å². The van der Waals surface area contributed by atoms with Crippen molar-refractivity contribution in [2.75, 3.05) is 11.8 Å². The highest BCUT2D eigenvalue weighted by Gasteiger charge is 1.75. The van der Waals surface area contributed by atoms with E-state index >= 15 is 0 Å². The molecule has 0 aliphatic carbocycles. The number of allylic oxidation sites excluding steroid dienone is 2. The molecule has 0 aliphatic rings. The zero-order valence-corrected chi connectivity index (χ0v) is 6.17. The lowest BCUT2D eigenvalue weighted by atomic mass is 10.3. The predicted octanol–water partition coefficient (Wildman–Crippen LogP) is 2.60. The molecule has 0 rings (SSSR count). The lowest BCUT2D eigenvalue weighted by Gasteiger charge is -1.80. The summed E-state index contributed by atoms with van der Waals surface area (Å²) in [6, 6.07) is 0. The van der Waals surface area contributed by atoms with E-state index in [4.69, 9.17) is 23.2 Å². The third kappa shape index (κ3) is 6.32. The maximum absolute atomic E-state index is 5.38. The van der Waals surface area contributed by atoms with Crippen molar-refractivity contribution in [1.29, 1.82) is 0 Å². The molecule has 0 aromatic heterocycles. The quantitative estimate of drug-likeness (QED) is 0.543. The molecule has 0 fully saturated rings. The van der Waals surface area contributed by atoms with Crippen LogP contribution in [0.1, 0.15) is 12.8 Å². The first-order valence-corrected chi connectivity index (χ1v) is 3.65. The zero-order valence-electron chi connectivity index (χ0n) is 4.66. The summed E-state index contributed by atoms with van der Waals surface area (Å²) in [5, 5.41) is 0. The summed E-state index contributed by atoms with van der Waals surface area (Å²) in [6.45, 7) is 0. The fourth-order valence-electron chi connectivity index (χ4n) is 0.313. The number of alkyl halides is 2. The van der Waals surface area contributed by atoms with Gasteiger partial charge in [0.2, 0.25) is 0 Å². The third-order valence-electron chi connectivity index (χ3n) is 0.637. The van der Waals surface area contributed by atoms with Gasteiger partial charge < -0.3 is 0 Å². The van der Waals surface area contributed by atoms with Crippen molar-refractivity contribution in [2.45, 2.75) is 12.8 Å². The van der Waals surface area contributed by atoms with Crippen LogP contribution in [0.15, 0.2) is 6.08 Å². The highest BCUT2D eigenvalue weighted by atomic mass is 35.5. The SMILES string of the molecule is ClCC/[C]=C/CCCl. The first kappa shape index (κ1) is 8.32. The Morgan fingerprint density at radius 2 is 2.00 bits per heavy atom. The maximum Gasteiger partial charge on any atom is 0.0263 e. The van der Waals surface area contributed by atoms with Gasteiger partial charge in [-0.1, -0.05) is 6.08 Å². The van der Waals surface area contributed by atoms with Crippen LogP contribution in [0.25, 0.3) is 0 Å². The van der Waals surface area contributed by atoms with Crippen LogP contribution >= 0.6 is 23.2 Å². The van der Waals surface area contributed by atoms with Gasteiger partial charge >= 0.3 is 0 Å². The summed E-state index contributed by atoms with van der Waals surface area (Å²) in [5.41, 5.74) is 0. The van der Waals surface area contributed by atoms with E-state index < -0.39 is 0 Å². The number of hydrogen-bond donors (Lipinski definition) is 0. The minimum absolute atomic E-state index is 0.652. The molecule has 0 aliphatic heterocycles. The largest absolute Gasteiger partial charge is 0.126 e. The molecule has 0 aromatic carbocycles. The topological polar surface area (TPSA) is 0 Å². The molecule has 8 heavy (non-hydrogen) atoms. The van der Waals surface area contributed by atoms with Crippen LogP contribution in [0.3, 0.4) is 0 Å². The molecule has 2 heteroatoms. The smallest absolute Gasteiger partial charge is 0.0263 e. The lowest BCUT2D eigenvalue weighted by Crippen LogP contribution is -1.69. The molecule has 0 unspecified atom stereocenters. The molecule has 0 atom stereocenters. The molecular weight excluding hydrogens is 143 g/mol. The van der Waals surface area contributed by atoms with Crippen LogP contribution in [0.2, 0.25) is 0 Å². The third-order valence-corrected chi connectivity index (χ3v) is 1.04. The minimum Gasteiger partial charge on any atom is -0.126 e. The Kier molecular flexibility index (Phi) is 7.61. The Hall–Kier alpha value is 0.320. The molecule has 0 nitrogen and oxygen atoms in total. The Balaban J connectivity index is 2.83. The number of halogens is 2. The van der Waals surface area contributed by atoms with Gasteiger partial charge in [0.1, 0.15) is 0 Å². The molecule has 0 spiro atoms. The highest BCUT2D eigenvalue weighted by Crippen LogP contribution is 1.89. The summed E-state index contributed by atoms with van der Waals surface area (Å²) in [7, 11) is 0. The predicted molar refractivity (Wildman–Crippen MR) is 38.5 cm³/mol. The average molecular weight is 152 g/mol. The van der Waals surface area contributed by atoms with E-state index in [1.807, 2.05) is 6.08 Å². The summed E-state index contributed by atoms with van der Waals surface area (Å²) in [4.78, 5) is 0. The second-order valence-electron chi connectivity index (χ2n) is 1.32. The van der Waals surface area contributed by atoms with Crippen molar-refractivity contribution < 1.29 is 0 Å². The Morgan fingerprint density at radius 1 is 1.25 bits per heavy atom. The fourth-order valence-corrected chi connectivity index (χ4v) is 0.531. The Bertz CT molecular complexity index is 51.5. The molecule has 0 aromatic rings. The van der Waals surface area contributed by atoms with Gasteiger partial charge in [-0.05, 0) is 18.9 Å². The van der Waals surface area contributed by atoms with Crippen LogP contribution in [-0.4, -0.2) is 11.8 Å². The van der Waals surface area contributed by atoms with Gasteiger partial charge in [0.15, 0.2) is 0 Å². The average Bonchev–Trinajstić information content (AvgIpc) is 1.81. The molecule has 0 bridgehead atoms. The standard InChI is InChI=1S/C6H9Cl2/c7-5-3-1-2-4-6-8/h1H,3-6H2. The Labute approximate surface area is 60.5 Å². The fraction of sp³-hybridized carbons (Fsp3) is 0.667. The van der Waals surface area contributed by atoms with Crippen molar-refractivity contribution >= 4 is 23.2 Å². The maximum atomic E-state index is 5.38. The van der Waals surface area contributed by atoms with Crippen molar-refractivity contribution in [3.63, 3.8) is 0 Å². The van der Waals surface area contributed by atoms with Crippen LogP contribution in [-0.2, 0) is 0 Å². The molecule has 0 N–H and O–H groups in total. The van der Waals surface area contributed by atoms with Gasteiger partial charge in [-0.15, -0.1) is 23.2 Å². The van der Waals surface area contributed by atoms with E-state index in [1.54, 1.807) is 0 Å². The Morgan fingerprint density at radius 3 is 2.50 bits per heavy atom. The van der Waals surface area contributed by atoms with E-state index in [1.165, 1.54) is 0 Å². The molecule has 0 amide bonds. The number of rotatable bonds is 4. The summed E-state index contributed by atoms with van der Waals surface area (Å²) < 4.78 is 0. The molecule has 0 saturated heterocycles. The molecule has 1 radical (unpaired) electrons. The first-order chi connectivity index (χ1) is 3.91. The van der Waals surface area contributed by atoms with E-state index in [2.05, 4.69) is 6.08 Å². The molecule has 47 valence electrons. The van der Waals surface area contributed by atoms with Crippen LogP contribution in [0.4, 0.5) is 0 Å². The van der Waals surface area contributed by atoms with Crippen LogP contribution in [0.5, 0.6) is 0 Å². The molecule has 0 heterocycles. The summed E-state index contributed by atoms with van der Waals surface area (Å²) >= 11 is 10.7. The highest BCUT2D eigenvalue weighted by molar-refractivity contribution is 6.18. The second kappa shape index (κ2) is 7.32. The number of hydrogen-bond acceptors (Lipinski definition) is 0. The van der Waals surface area contributed by atoms with E-state index in [0.29, 0.717) is 11.8 Å². The lowest BCUT2D eigenvalue weighted by molar-refractivity contribution is 1.14. The molecule has 0 saturated carbocycles. The van der Waals surface area contributed by atoms with Crippen molar-refractivity contribution in [3.05, 3.63) is 12.2 Å². The van der Waals surface area contributed by atoms with Gasteiger partial charge in [0.05, 0.1) is 0 Å². The first-order valence-electron chi connectivity index (χ1n) is 2.58. The second-order valence-corrected chi connectivity index (χ2v) is 2.08. The molecular formula is C6H9Cl2. The van der Waals surface area contributed by atoms with Gasteiger partial charge in [0.25, 0.3) is 0 Å². The van der Waals surface area contributed by atoms with Gasteiger partial charge in [-0.3, -0.25) is 0 Å². The van der Waals surface area contributed by atoms with Gasteiger partial charge in [-0.25, -0.2) is 0 Å². The zero-order chi connectivity index (χ0) is 6.24. The van der Waals surface area contributed by atoms with E-state index in [-0.39, 0.29) is 0 Å². The van der Waals surface area contributed by atoms with Crippen molar-refractivity contribution in [1.82, 2.24) is 0 Å². The van der Waals surface area contributed by atoms with Gasteiger partial charge in [0, 0.05) is 11.8 Å². The van der Waals surface area contributed by atoms with Crippen LogP contribution in [0, 0.1) is 6.08 Å². The van der Waals surface area contributed by atoms with Crippen molar-refractivity contribution in [3.8, 4) is 0 Å². The monoisotopic (exact) mass is 151 g/mol. The van der Waals surface area contributed by atoms with E-state index in [9.17, 15) is 0 Å². The van der Waals surface area contributed by atoms with Crippen LogP contribution < -0.4 is 0 Å².